The fourth-order valence-corrected chi connectivity index (χ4v) is 2.49. The molecule has 0 aromatic heterocycles. The van der Waals surface area contributed by atoms with Gasteiger partial charge >= 0.3 is 0 Å². The topological polar surface area (TPSA) is 45.7 Å². The maximum Gasteiger partial charge on any atom is 0.191 e. The summed E-state index contributed by atoms with van der Waals surface area (Å²) in [5.74, 6) is 2.45. The van der Waals surface area contributed by atoms with Gasteiger partial charge in [0.15, 0.2) is 5.96 Å². The van der Waals surface area contributed by atoms with E-state index in [0.29, 0.717) is 12.0 Å². The van der Waals surface area contributed by atoms with Crippen molar-refractivity contribution in [2.75, 3.05) is 26.8 Å². The van der Waals surface area contributed by atoms with Crippen LogP contribution < -0.4 is 10.6 Å². The number of aliphatic imine (C=N–C) groups is 1. The summed E-state index contributed by atoms with van der Waals surface area (Å²) in [4.78, 5) is 4.30. The summed E-state index contributed by atoms with van der Waals surface area (Å²) in [5.41, 5.74) is 0. The molecule has 0 saturated heterocycles. The molecule has 0 amide bonds. The molecule has 1 aliphatic carbocycles. The SMILES string of the molecule is CN=C(NCCCOCC(C)C)NC1CCC(C)CC1.I. The molecule has 2 N–H and O–H groups in total. The molecule has 0 aromatic rings. The molecule has 1 saturated carbocycles. The highest BCUT2D eigenvalue weighted by molar-refractivity contribution is 14.0. The van der Waals surface area contributed by atoms with E-state index in [1.165, 1.54) is 25.7 Å². The van der Waals surface area contributed by atoms with Crippen LogP contribution in [0.3, 0.4) is 0 Å². The third-order valence-corrected chi connectivity index (χ3v) is 3.79. The minimum absolute atomic E-state index is 0. The normalized spacial score (nSPS) is 22.8. The molecule has 0 heterocycles. The minimum Gasteiger partial charge on any atom is -0.381 e. The zero-order valence-electron chi connectivity index (χ0n) is 14.2. The Balaban J connectivity index is 0.00000400. The van der Waals surface area contributed by atoms with E-state index in [1.54, 1.807) is 0 Å². The lowest BCUT2D eigenvalue weighted by Gasteiger charge is -2.28. The average Bonchev–Trinajstić information content (AvgIpc) is 2.43. The third kappa shape index (κ3) is 10.3. The fraction of sp³-hybridized carbons (Fsp3) is 0.938. The Labute approximate surface area is 147 Å². The molecule has 0 unspecified atom stereocenters. The number of hydrogen-bond donors (Lipinski definition) is 2. The highest BCUT2D eigenvalue weighted by Gasteiger charge is 2.18. The second kappa shape index (κ2) is 12.5. The van der Waals surface area contributed by atoms with Crippen LogP contribution in [0.15, 0.2) is 4.99 Å². The summed E-state index contributed by atoms with van der Waals surface area (Å²) in [7, 11) is 1.84. The van der Waals surface area contributed by atoms with Gasteiger partial charge in [0, 0.05) is 32.8 Å². The summed E-state index contributed by atoms with van der Waals surface area (Å²) in [6.07, 6.45) is 6.21. The highest BCUT2D eigenvalue weighted by Crippen LogP contribution is 2.23. The molecule has 1 rings (SSSR count). The van der Waals surface area contributed by atoms with Crippen LogP contribution in [0.1, 0.15) is 52.9 Å². The maximum absolute atomic E-state index is 5.57. The Morgan fingerprint density at radius 1 is 1.24 bits per heavy atom. The zero-order chi connectivity index (χ0) is 14.8. The summed E-state index contributed by atoms with van der Waals surface area (Å²) in [6, 6.07) is 0.592. The number of nitrogens with one attached hydrogen (secondary N) is 2. The Bertz CT molecular complexity index is 277. The lowest BCUT2D eigenvalue weighted by Crippen LogP contribution is -2.45. The van der Waals surface area contributed by atoms with Gasteiger partial charge in [-0.1, -0.05) is 20.8 Å². The van der Waals surface area contributed by atoms with E-state index in [-0.39, 0.29) is 24.0 Å². The molecule has 4 nitrogen and oxygen atoms in total. The largest absolute Gasteiger partial charge is 0.381 e. The van der Waals surface area contributed by atoms with E-state index in [2.05, 4.69) is 36.4 Å². The predicted octanol–water partition coefficient (Wildman–Crippen LogP) is 3.41. The van der Waals surface area contributed by atoms with Gasteiger partial charge in [-0.05, 0) is 43.9 Å². The van der Waals surface area contributed by atoms with Crippen molar-refractivity contribution in [1.82, 2.24) is 10.6 Å². The number of hydrogen-bond acceptors (Lipinski definition) is 2. The molecule has 1 aliphatic rings. The number of nitrogens with zero attached hydrogens (tertiary/aromatic N) is 1. The molecule has 0 aliphatic heterocycles. The first kappa shape index (κ1) is 21.0. The van der Waals surface area contributed by atoms with Gasteiger partial charge in [0.2, 0.25) is 0 Å². The monoisotopic (exact) mass is 411 g/mol. The summed E-state index contributed by atoms with van der Waals surface area (Å²) in [5, 5.41) is 6.91. The molecule has 0 aromatic carbocycles. The van der Waals surface area contributed by atoms with E-state index >= 15 is 0 Å². The van der Waals surface area contributed by atoms with Gasteiger partial charge in [-0.15, -0.1) is 24.0 Å². The van der Waals surface area contributed by atoms with Crippen LogP contribution in [0.25, 0.3) is 0 Å². The predicted molar refractivity (Wildman–Crippen MR) is 102 cm³/mol. The van der Waals surface area contributed by atoms with Crippen molar-refractivity contribution in [3.05, 3.63) is 0 Å². The second-order valence-electron chi connectivity index (χ2n) is 6.42. The molecular formula is C16H34IN3O. The van der Waals surface area contributed by atoms with Crippen molar-refractivity contribution in [2.24, 2.45) is 16.8 Å². The van der Waals surface area contributed by atoms with Gasteiger partial charge in [0.05, 0.1) is 0 Å². The van der Waals surface area contributed by atoms with E-state index in [9.17, 15) is 0 Å². The van der Waals surface area contributed by atoms with Crippen molar-refractivity contribution in [1.29, 1.82) is 0 Å². The van der Waals surface area contributed by atoms with E-state index in [4.69, 9.17) is 4.74 Å². The zero-order valence-corrected chi connectivity index (χ0v) is 16.5. The number of rotatable bonds is 7. The van der Waals surface area contributed by atoms with Crippen molar-refractivity contribution in [2.45, 2.75) is 58.9 Å². The van der Waals surface area contributed by atoms with Crippen LogP contribution in [0.4, 0.5) is 0 Å². The Morgan fingerprint density at radius 3 is 2.48 bits per heavy atom. The van der Waals surface area contributed by atoms with Crippen molar-refractivity contribution in [3.63, 3.8) is 0 Å². The van der Waals surface area contributed by atoms with Crippen LogP contribution in [0, 0.1) is 11.8 Å². The Kier molecular flexibility index (Phi) is 12.5. The Hall–Kier alpha value is -0.0400. The standard InChI is InChI=1S/C16H33N3O.HI/c1-13(2)12-20-11-5-10-18-16(17-4)19-15-8-6-14(3)7-9-15;/h13-15H,5-12H2,1-4H3,(H2,17,18,19);1H. The Morgan fingerprint density at radius 2 is 1.90 bits per heavy atom. The summed E-state index contributed by atoms with van der Waals surface area (Å²) < 4.78 is 5.57. The van der Waals surface area contributed by atoms with E-state index in [1.807, 2.05) is 7.05 Å². The maximum atomic E-state index is 5.57. The second-order valence-corrected chi connectivity index (χ2v) is 6.42. The van der Waals surface area contributed by atoms with Gasteiger partial charge in [0.1, 0.15) is 0 Å². The van der Waals surface area contributed by atoms with Crippen molar-refractivity contribution in [3.8, 4) is 0 Å². The molecule has 5 heteroatoms. The van der Waals surface area contributed by atoms with Crippen LogP contribution in [0.5, 0.6) is 0 Å². The van der Waals surface area contributed by atoms with Crippen LogP contribution in [-0.4, -0.2) is 38.8 Å². The van der Waals surface area contributed by atoms with Gasteiger partial charge < -0.3 is 15.4 Å². The first-order valence-corrected chi connectivity index (χ1v) is 8.16. The van der Waals surface area contributed by atoms with Crippen LogP contribution in [-0.2, 0) is 4.74 Å². The van der Waals surface area contributed by atoms with Gasteiger partial charge in [0.25, 0.3) is 0 Å². The average molecular weight is 411 g/mol. The summed E-state index contributed by atoms with van der Waals surface area (Å²) in [6.45, 7) is 9.29. The van der Waals surface area contributed by atoms with Gasteiger partial charge in [-0.3, -0.25) is 4.99 Å². The minimum atomic E-state index is 0. The summed E-state index contributed by atoms with van der Waals surface area (Å²) >= 11 is 0. The van der Waals surface area contributed by atoms with Crippen molar-refractivity contribution >= 4 is 29.9 Å². The fourth-order valence-electron chi connectivity index (χ4n) is 2.49. The number of halogens is 1. The lowest BCUT2D eigenvalue weighted by molar-refractivity contribution is 0.108. The molecule has 0 bridgehead atoms. The molecule has 0 atom stereocenters. The van der Waals surface area contributed by atoms with Crippen LogP contribution in [0.2, 0.25) is 0 Å². The van der Waals surface area contributed by atoms with E-state index < -0.39 is 0 Å². The highest BCUT2D eigenvalue weighted by atomic mass is 127. The van der Waals surface area contributed by atoms with Crippen molar-refractivity contribution < 1.29 is 4.74 Å². The molecule has 0 spiro atoms. The smallest absolute Gasteiger partial charge is 0.191 e. The first-order chi connectivity index (χ1) is 9.61. The lowest BCUT2D eigenvalue weighted by atomic mass is 9.87. The quantitative estimate of drug-likeness (QED) is 0.292. The molecule has 0 radical (unpaired) electrons. The molecule has 21 heavy (non-hydrogen) atoms. The first-order valence-electron chi connectivity index (χ1n) is 8.16. The third-order valence-electron chi connectivity index (χ3n) is 3.79. The van der Waals surface area contributed by atoms with E-state index in [0.717, 1.165) is 38.1 Å². The number of guanidine groups is 1. The van der Waals surface area contributed by atoms with Crippen LogP contribution >= 0.6 is 24.0 Å². The van der Waals surface area contributed by atoms with Gasteiger partial charge in [-0.25, -0.2) is 0 Å². The van der Waals surface area contributed by atoms with Gasteiger partial charge in [-0.2, -0.15) is 0 Å². The molecule has 1 fully saturated rings. The molecule has 126 valence electrons. The molecular weight excluding hydrogens is 377 g/mol. The number of ether oxygens (including phenoxy) is 1.